The predicted octanol–water partition coefficient (Wildman–Crippen LogP) is 5.01. The summed E-state index contributed by atoms with van der Waals surface area (Å²) in [5.41, 5.74) is 4.77. The summed E-state index contributed by atoms with van der Waals surface area (Å²) in [5.74, 6) is 0. The van der Waals surface area contributed by atoms with Crippen LogP contribution < -0.4 is 5.32 Å². The lowest BCUT2D eigenvalue weighted by Gasteiger charge is -2.22. The number of nitrogens with one attached hydrogen (secondary N) is 1. The van der Waals surface area contributed by atoms with E-state index in [9.17, 15) is 0 Å². The van der Waals surface area contributed by atoms with E-state index in [0.717, 1.165) is 6.42 Å². The van der Waals surface area contributed by atoms with Crippen molar-refractivity contribution in [2.45, 2.75) is 70.8 Å². The van der Waals surface area contributed by atoms with Crippen LogP contribution in [0.15, 0.2) is 35.9 Å². The van der Waals surface area contributed by atoms with E-state index in [1.807, 2.05) is 0 Å². The van der Waals surface area contributed by atoms with Crippen molar-refractivity contribution in [3.8, 4) is 0 Å². The van der Waals surface area contributed by atoms with Gasteiger partial charge in [0.25, 0.3) is 0 Å². The van der Waals surface area contributed by atoms with Crippen LogP contribution in [0.4, 0.5) is 0 Å². The van der Waals surface area contributed by atoms with Crippen molar-refractivity contribution >= 4 is 0 Å². The lowest BCUT2D eigenvalue weighted by molar-refractivity contribution is 0.532. The number of likely N-dealkylation sites (N-methyl/N-ethyl adjacent to an activating group) is 1. The maximum absolute atomic E-state index is 3.50. The lowest BCUT2D eigenvalue weighted by atomic mass is 9.86. The van der Waals surface area contributed by atoms with E-state index in [2.05, 4.69) is 63.5 Å². The summed E-state index contributed by atoms with van der Waals surface area (Å²) in [6, 6.07) is 9.76. The van der Waals surface area contributed by atoms with Crippen LogP contribution in [0.5, 0.6) is 0 Å². The average molecular weight is 285 g/mol. The minimum atomic E-state index is 0.244. The molecule has 0 amide bonds. The van der Waals surface area contributed by atoms with Gasteiger partial charge >= 0.3 is 0 Å². The zero-order valence-electron chi connectivity index (χ0n) is 14.2. The van der Waals surface area contributed by atoms with Crippen LogP contribution in [0.1, 0.15) is 64.0 Å². The summed E-state index contributed by atoms with van der Waals surface area (Å²) in [4.78, 5) is 0. The van der Waals surface area contributed by atoms with Crippen molar-refractivity contribution in [3.63, 3.8) is 0 Å². The quantitative estimate of drug-likeness (QED) is 0.750. The molecule has 116 valence electrons. The fraction of sp³-hybridized carbons (Fsp3) is 0.600. The van der Waals surface area contributed by atoms with E-state index in [1.54, 1.807) is 5.57 Å². The molecule has 1 heteroatoms. The predicted molar refractivity (Wildman–Crippen MR) is 92.9 cm³/mol. The Labute approximate surface area is 130 Å². The molecule has 0 aromatic heterocycles. The van der Waals surface area contributed by atoms with Gasteiger partial charge < -0.3 is 5.32 Å². The summed E-state index contributed by atoms with van der Waals surface area (Å²) in [6.07, 6.45) is 10.1. The van der Waals surface area contributed by atoms with Gasteiger partial charge in [-0.05, 0) is 62.1 Å². The van der Waals surface area contributed by atoms with E-state index < -0.39 is 0 Å². The molecule has 0 heterocycles. The van der Waals surface area contributed by atoms with Gasteiger partial charge in [0.15, 0.2) is 0 Å². The highest BCUT2D eigenvalue weighted by atomic mass is 14.9. The number of allylic oxidation sites excluding steroid dienone is 1. The maximum atomic E-state index is 3.50. The summed E-state index contributed by atoms with van der Waals surface area (Å²) in [6.45, 7) is 6.82. The third-order valence-electron chi connectivity index (χ3n) is 4.60. The second kappa shape index (κ2) is 7.26. The number of rotatable bonds is 5. The van der Waals surface area contributed by atoms with E-state index in [1.165, 1.54) is 43.2 Å². The number of hydrogen-bond acceptors (Lipinski definition) is 1. The molecule has 1 aromatic carbocycles. The van der Waals surface area contributed by atoms with Crippen molar-refractivity contribution in [1.29, 1.82) is 0 Å². The molecule has 21 heavy (non-hydrogen) atoms. The number of hydrogen-bond donors (Lipinski definition) is 1. The standard InChI is InChI=1S/C20H31N/c1-20(2,3)18-12-10-17(11-13-18)15-19(21-4)14-16-8-6-5-7-9-16/h8,10-13,19,21H,5-7,9,14-15H2,1-4H3. The Morgan fingerprint density at radius 2 is 1.76 bits per heavy atom. The first kappa shape index (κ1) is 16.3. The largest absolute Gasteiger partial charge is 0.316 e. The molecule has 1 nitrogen and oxygen atoms in total. The zero-order valence-corrected chi connectivity index (χ0v) is 14.2. The molecule has 0 spiro atoms. The van der Waals surface area contributed by atoms with Crippen LogP contribution >= 0.6 is 0 Å². The summed E-state index contributed by atoms with van der Waals surface area (Å²) >= 11 is 0. The van der Waals surface area contributed by atoms with Gasteiger partial charge in [-0.2, -0.15) is 0 Å². The van der Waals surface area contributed by atoms with Gasteiger partial charge in [0, 0.05) is 6.04 Å². The van der Waals surface area contributed by atoms with Crippen LogP contribution in [0.25, 0.3) is 0 Å². The van der Waals surface area contributed by atoms with Crippen LogP contribution in [0.3, 0.4) is 0 Å². The SMILES string of the molecule is CNC(CC1=CCCCC1)Cc1ccc(C(C)(C)C)cc1. The Morgan fingerprint density at radius 3 is 2.29 bits per heavy atom. The van der Waals surface area contributed by atoms with E-state index in [4.69, 9.17) is 0 Å². The third kappa shape index (κ3) is 5.00. The molecule has 1 N–H and O–H groups in total. The van der Waals surface area contributed by atoms with Crippen LogP contribution in [-0.2, 0) is 11.8 Å². The lowest BCUT2D eigenvalue weighted by Crippen LogP contribution is -2.28. The van der Waals surface area contributed by atoms with Crippen molar-refractivity contribution in [3.05, 3.63) is 47.0 Å². The fourth-order valence-corrected chi connectivity index (χ4v) is 3.11. The van der Waals surface area contributed by atoms with Crippen LogP contribution in [-0.4, -0.2) is 13.1 Å². The molecular formula is C20H31N. The normalized spacial score (nSPS) is 17.4. The van der Waals surface area contributed by atoms with Gasteiger partial charge in [-0.3, -0.25) is 0 Å². The van der Waals surface area contributed by atoms with Gasteiger partial charge in [-0.1, -0.05) is 56.7 Å². The molecule has 1 aliphatic rings. The van der Waals surface area contributed by atoms with Gasteiger partial charge in [-0.15, -0.1) is 0 Å². The summed E-state index contributed by atoms with van der Waals surface area (Å²) in [5, 5.41) is 3.50. The fourth-order valence-electron chi connectivity index (χ4n) is 3.11. The molecule has 0 saturated carbocycles. The summed E-state index contributed by atoms with van der Waals surface area (Å²) < 4.78 is 0. The Bertz CT molecular complexity index is 462. The first-order valence-electron chi connectivity index (χ1n) is 8.43. The summed E-state index contributed by atoms with van der Waals surface area (Å²) in [7, 11) is 2.09. The van der Waals surface area contributed by atoms with Gasteiger partial charge in [0.2, 0.25) is 0 Å². The topological polar surface area (TPSA) is 12.0 Å². The van der Waals surface area contributed by atoms with Crippen molar-refractivity contribution < 1.29 is 0 Å². The molecule has 1 aromatic rings. The molecular weight excluding hydrogens is 254 g/mol. The molecule has 1 aliphatic carbocycles. The van der Waals surface area contributed by atoms with Gasteiger partial charge in [-0.25, -0.2) is 0 Å². The van der Waals surface area contributed by atoms with Crippen LogP contribution in [0.2, 0.25) is 0 Å². The first-order valence-corrected chi connectivity index (χ1v) is 8.43. The van der Waals surface area contributed by atoms with Gasteiger partial charge in [0.05, 0.1) is 0 Å². The highest BCUT2D eigenvalue weighted by Gasteiger charge is 2.15. The molecule has 0 radical (unpaired) electrons. The Morgan fingerprint density at radius 1 is 1.05 bits per heavy atom. The zero-order chi connectivity index (χ0) is 15.3. The van der Waals surface area contributed by atoms with Crippen molar-refractivity contribution in [2.24, 2.45) is 0 Å². The molecule has 1 unspecified atom stereocenters. The second-order valence-electron chi connectivity index (χ2n) is 7.45. The molecule has 0 aliphatic heterocycles. The Kier molecular flexibility index (Phi) is 5.64. The Balaban J connectivity index is 1.96. The Hall–Kier alpha value is -1.08. The van der Waals surface area contributed by atoms with Crippen LogP contribution in [0, 0.1) is 0 Å². The second-order valence-corrected chi connectivity index (χ2v) is 7.45. The number of benzene rings is 1. The smallest absolute Gasteiger partial charge is 0.0142 e. The maximum Gasteiger partial charge on any atom is 0.0142 e. The molecule has 0 bridgehead atoms. The molecule has 1 atom stereocenters. The van der Waals surface area contributed by atoms with E-state index in [0.29, 0.717) is 6.04 Å². The van der Waals surface area contributed by atoms with E-state index >= 15 is 0 Å². The van der Waals surface area contributed by atoms with Crippen molar-refractivity contribution in [1.82, 2.24) is 5.32 Å². The third-order valence-corrected chi connectivity index (χ3v) is 4.60. The highest BCUT2D eigenvalue weighted by molar-refractivity contribution is 5.28. The highest BCUT2D eigenvalue weighted by Crippen LogP contribution is 2.24. The van der Waals surface area contributed by atoms with Crippen molar-refractivity contribution in [2.75, 3.05) is 7.05 Å². The monoisotopic (exact) mass is 285 g/mol. The molecule has 0 fully saturated rings. The van der Waals surface area contributed by atoms with E-state index in [-0.39, 0.29) is 5.41 Å². The minimum absolute atomic E-state index is 0.244. The minimum Gasteiger partial charge on any atom is -0.316 e. The molecule has 0 saturated heterocycles. The average Bonchev–Trinajstić information content (AvgIpc) is 2.47. The first-order chi connectivity index (χ1) is 9.99. The molecule has 2 rings (SSSR count). The van der Waals surface area contributed by atoms with Gasteiger partial charge in [0.1, 0.15) is 0 Å².